The Bertz CT molecular complexity index is 1160. The first kappa shape index (κ1) is 19.7. The van der Waals surface area contributed by atoms with Gasteiger partial charge in [0, 0.05) is 30.4 Å². The van der Waals surface area contributed by atoms with Crippen molar-refractivity contribution in [1.29, 1.82) is 0 Å². The maximum Gasteiger partial charge on any atom is 0.276 e. The van der Waals surface area contributed by atoms with E-state index in [1.54, 1.807) is 4.90 Å². The van der Waals surface area contributed by atoms with Gasteiger partial charge in [-0.25, -0.2) is 8.78 Å². The predicted molar refractivity (Wildman–Crippen MR) is 102 cm³/mol. The topological polar surface area (TPSA) is 101 Å². The molecule has 1 aromatic heterocycles. The minimum atomic E-state index is -0.989. The van der Waals surface area contributed by atoms with Gasteiger partial charge in [0.05, 0.1) is 12.6 Å². The fourth-order valence-corrected chi connectivity index (χ4v) is 4.65. The molecule has 0 radical (unpaired) electrons. The van der Waals surface area contributed by atoms with Gasteiger partial charge < -0.3 is 24.6 Å². The van der Waals surface area contributed by atoms with E-state index in [4.69, 9.17) is 4.74 Å². The summed E-state index contributed by atoms with van der Waals surface area (Å²) in [6, 6.07) is 2.94. The third kappa shape index (κ3) is 3.18. The molecule has 3 atom stereocenters. The highest BCUT2D eigenvalue weighted by atomic mass is 19.1. The Labute approximate surface area is 175 Å². The number of hydrogen-bond donors (Lipinski definition) is 2. The molecule has 0 spiro atoms. The quantitative estimate of drug-likeness (QED) is 0.767. The second-order valence-electron chi connectivity index (χ2n) is 8.03. The molecule has 2 amide bonds. The van der Waals surface area contributed by atoms with Crippen LogP contribution in [0.2, 0.25) is 0 Å². The minimum Gasteiger partial charge on any atom is -0.503 e. The lowest BCUT2D eigenvalue weighted by atomic mass is 10.1. The van der Waals surface area contributed by atoms with Crippen LogP contribution < -0.4 is 10.7 Å². The second-order valence-corrected chi connectivity index (χ2v) is 8.03. The number of amides is 2. The zero-order chi connectivity index (χ0) is 21.9. The number of pyridine rings is 1. The summed E-state index contributed by atoms with van der Waals surface area (Å²) in [7, 11) is 0. The van der Waals surface area contributed by atoms with Crippen molar-refractivity contribution in [2.45, 2.75) is 50.7 Å². The van der Waals surface area contributed by atoms with Gasteiger partial charge in [-0.3, -0.25) is 14.4 Å². The molecule has 1 saturated heterocycles. The summed E-state index contributed by atoms with van der Waals surface area (Å²) in [5.74, 6) is -3.73. The number of benzene rings is 1. The summed E-state index contributed by atoms with van der Waals surface area (Å²) in [5.41, 5.74) is -1.51. The molecule has 2 fully saturated rings. The number of ether oxygens (including phenoxy) is 1. The van der Waals surface area contributed by atoms with E-state index in [9.17, 15) is 28.3 Å². The Morgan fingerprint density at radius 3 is 2.84 bits per heavy atom. The van der Waals surface area contributed by atoms with Crippen LogP contribution in [0.3, 0.4) is 0 Å². The smallest absolute Gasteiger partial charge is 0.276 e. The van der Waals surface area contributed by atoms with Crippen LogP contribution in [0.5, 0.6) is 5.75 Å². The van der Waals surface area contributed by atoms with Gasteiger partial charge in [-0.1, -0.05) is 6.07 Å². The maximum absolute atomic E-state index is 13.8. The summed E-state index contributed by atoms with van der Waals surface area (Å²) >= 11 is 0. The number of fused-ring (bicyclic) bond motifs is 5. The van der Waals surface area contributed by atoms with Gasteiger partial charge in [0.1, 0.15) is 17.2 Å². The second kappa shape index (κ2) is 7.16. The number of rotatable bonds is 3. The number of carbonyl (C=O) groups excluding carboxylic acids is 2. The molecule has 2 aliphatic heterocycles. The van der Waals surface area contributed by atoms with E-state index in [1.807, 2.05) is 0 Å². The lowest BCUT2D eigenvalue weighted by Crippen LogP contribution is -2.57. The van der Waals surface area contributed by atoms with E-state index in [0.717, 1.165) is 25.3 Å². The highest BCUT2D eigenvalue weighted by molar-refractivity contribution is 5.99. The molecule has 3 aliphatic rings. The predicted octanol–water partition coefficient (Wildman–Crippen LogP) is 1.50. The van der Waals surface area contributed by atoms with Gasteiger partial charge in [0.15, 0.2) is 17.7 Å². The van der Waals surface area contributed by atoms with Gasteiger partial charge in [-0.15, -0.1) is 0 Å². The lowest BCUT2D eigenvalue weighted by molar-refractivity contribution is -0.132. The van der Waals surface area contributed by atoms with Gasteiger partial charge >= 0.3 is 0 Å². The Balaban J connectivity index is 1.43. The third-order valence-corrected chi connectivity index (χ3v) is 6.16. The van der Waals surface area contributed by atoms with E-state index < -0.39 is 40.9 Å². The standard InChI is InChI=1S/C21H19F2N3O5/c22-11-2-1-10(15(23)5-11)7-24-20(29)14-8-25-9-16-26(12-3-4-13(6-12)31-16)21(30)17(25)19(28)18(14)27/h1-2,5,8,12-13,16,28H,3-4,6-7,9H2,(H,24,29)/t12?,13-,16-/m1/s1. The summed E-state index contributed by atoms with van der Waals surface area (Å²) in [4.78, 5) is 39.8. The molecule has 5 rings (SSSR count). The number of aromatic hydroxyl groups is 1. The van der Waals surface area contributed by atoms with E-state index >= 15 is 0 Å². The monoisotopic (exact) mass is 431 g/mol. The fraction of sp³-hybridized carbons (Fsp3) is 0.381. The highest BCUT2D eigenvalue weighted by Gasteiger charge is 2.47. The number of hydrogen-bond acceptors (Lipinski definition) is 5. The fourth-order valence-electron chi connectivity index (χ4n) is 4.65. The van der Waals surface area contributed by atoms with Crippen LogP contribution in [0.15, 0.2) is 29.2 Å². The molecular formula is C21H19F2N3O5. The first-order valence-electron chi connectivity index (χ1n) is 10.00. The van der Waals surface area contributed by atoms with E-state index in [0.29, 0.717) is 6.07 Å². The van der Waals surface area contributed by atoms with Gasteiger partial charge in [-0.05, 0) is 25.3 Å². The molecule has 2 bridgehead atoms. The lowest BCUT2D eigenvalue weighted by Gasteiger charge is -2.44. The van der Waals surface area contributed by atoms with Gasteiger partial charge in [0.2, 0.25) is 5.43 Å². The van der Waals surface area contributed by atoms with Crippen LogP contribution in [0.25, 0.3) is 0 Å². The molecule has 10 heteroatoms. The number of halogens is 2. The SMILES string of the molecule is O=C(NCc1ccc(F)cc1F)c1cn2c(c(O)c1=O)C(=O)N1C3CC[C@H](C3)O[C@@H]1C2. The molecule has 31 heavy (non-hydrogen) atoms. The van der Waals surface area contributed by atoms with Gasteiger partial charge in [0.25, 0.3) is 11.8 Å². The van der Waals surface area contributed by atoms with Gasteiger partial charge in [-0.2, -0.15) is 0 Å². The molecule has 3 heterocycles. The van der Waals surface area contributed by atoms with Crippen molar-refractivity contribution in [2.75, 3.05) is 0 Å². The Morgan fingerprint density at radius 1 is 1.26 bits per heavy atom. The zero-order valence-corrected chi connectivity index (χ0v) is 16.3. The van der Waals surface area contributed by atoms with E-state index in [2.05, 4.69) is 5.32 Å². The van der Waals surface area contributed by atoms with Crippen molar-refractivity contribution in [2.24, 2.45) is 0 Å². The molecule has 162 valence electrons. The van der Waals surface area contributed by atoms with Crippen molar-refractivity contribution in [1.82, 2.24) is 14.8 Å². The minimum absolute atomic E-state index is 0.00748. The first-order chi connectivity index (χ1) is 14.8. The Hall–Kier alpha value is -3.27. The van der Waals surface area contributed by atoms with E-state index in [1.165, 1.54) is 16.8 Å². The molecule has 1 aromatic carbocycles. The molecule has 1 aliphatic carbocycles. The van der Waals surface area contributed by atoms with Crippen LogP contribution in [-0.4, -0.2) is 44.8 Å². The summed E-state index contributed by atoms with van der Waals surface area (Å²) < 4.78 is 34.1. The largest absolute Gasteiger partial charge is 0.503 e. The number of carbonyl (C=O) groups is 2. The van der Waals surface area contributed by atoms with Crippen LogP contribution in [0.4, 0.5) is 8.78 Å². The third-order valence-electron chi connectivity index (χ3n) is 6.16. The molecule has 2 aromatic rings. The molecule has 1 saturated carbocycles. The van der Waals surface area contributed by atoms with Crippen molar-refractivity contribution in [3.8, 4) is 5.75 Å². The maximum atomic E-state index is 13.8. The molecule has 2 N–H and O–H groups in total. The number of aromatic nitrogens is 1. The average Bonchev–Trinajstić information content (AvgIpc) is 3.10. The normalized spacial score (nSPS) is 24.0. The van der Waals surface area contributed by atoms with Crippen LogP contribution in [0, 0.1) is 11.6 Å². The highest BCUT2D eigenvalue weighted by Crippen LogP contribution is 2.38. The van der Waals surface area contributed by atoms with E-state index in [-0.39, 0.29) is 42.1 Å². The molecule has 8 nitrogen and oxygen atoms in total. The average molecular weight is 431 g/mol. The summed E-state index contributed by atoms with van der Waals surface area (Å²) in [5, 5.41) is 12.8. The van der Waals surface area contributed by atoms with Crippen LogP contribution in [0.1, 0.15) is 45.7 Å². The zero-order valence-electron chi connectivity index (χ0n) is 16.3. The van der Waals surface area contributed by atoms with Crippen molar-refractivity contribution in [3.05, 3.63) is 63.1 Å². The molecule has 1 unspecified atom stereocenters. The summed E-state index contributed by atoms with van der Waals surface area (Å²) in [6.45, 7) is -0.108. The van der Waals surface area contributed by atoms with Crippen LogP contribution >= 0.6 is 0 Å². The number of nitrogens with one attached hydrogen (secondary N) is 1. The Kier molecular flexibility index (Phi) is 4.54. The molecular weight excluding hydrogens is 412 g/mol. The Morgan fingerprint density at radius 2 is 2.06 bits per heavy atom. The van der Waals surface area contributed by atoms with Crippen molar-refractivity contribution < 1.29 is 28.2 Å². The number of nitrogens with zero attached hydrogens (tertiary/aromatic N) is 2. The van der Waals surface area contributed by atoms with Crippen LogP contribution in [-0.2, 0) is 17.8 Å². The van der Waals surface area contributed by atoms with Crippen molar-refractivity contribution in [3.63, 3.8) is 0 Å². The first-order valence-corrected chi connectivity index (χ1v) is 10.00. The summed E-state index contributed by atoms with van der Waals surface area (Å²) in [6.07, 6.45) is 3.13. The van der Waals surface area contributed by atoms with Crippen molar-refractivity contribution >= 4 is 11.8 Å².